The summed E-state index contributed by atoms with van der Waals surface area (Å²) in [5, 5.41) is 7.37. The number of carbonyl (C=O) groups is 2. The molecule has 0 fully saturated rings. The van der Waals surface area contributed by atoms with Crippen LogP contribution in [0.1, 0.15) is 71.2 Å². The van der Waals surface area contributed by atoms with Crippen molar-refractivity contribution in [3.8, 4) is 23.0 Å². The van der Waals surface area contributed by atoms with Gasteiger partial charge in [-0.1, -0.05) is 49.3 Å². The van der Waals surface area contributed by atoms with Gasteiger partial charge in [0.2, 0.25) is 0 Å². The number of allylic oxidation sites excluding steroid dienone is 8. The number of hydrogen-bond donors (Lipinski definition) is 0. The maximum absolute atomic E-state index is 12.1. The van der Waals surface area contributed by atoms with Crippen molar-refractivity contribution < 1.29 is 45.6 Å². The Balaban J connectivity index is 0.000000264. The summed E-state index contributed by atoms with van der Waals surface area (Å²) < 4.78 is 22.4. The van der Waals surface area contributed by atoms with Crippen LogP contribution < -0.4 is 40.2 Å². The third-order valence-electron chi connectivity index (χ3n) is 11.6. The molecule has 0 amide bonds. The first-order valence-electron chi connectivity index (χ1n) is 20.6. The van der Waals surface area contributed by atoms with E-state index in [1.54, 1.807) is 28.4 Å². The predicted octanol–water partition coefficient (Wildman–Crippen LogP) is 10.8. The van der Waals surface area contributed by atoms with E-state index in [-0.39, 0.29) is 28.9 Å². The Hall–Kier alpha value is -4.24. The second kappa shape index (κ2) is 21.7. The molecule has 0 bridgehead atoms. The monoisotopic (exact) mass is 900 g/mol. The third-order valence-corrected chi connectivity index (χ3v) is 16.6. The molecule has 0 radical (unpaired) electrons. The molecule has 2 aliphatic carbocycles. The van der Waals surface area contributed by atoms with Gasteiger partial charge in [-0.2, -0.15) is 0 Å². The van der Waals surface area contributed by atoms with Crippen LogP contribution in [-0.2, 0) is 26.7 Å². The van der Waals surface area contributed by atoms with Crippen molar-refractivity contribution in [1.82, 2.24) is 0 Å². The van der Waals surface area contributed by atoms with Gasteiger partial charge in [-0.05, 0) is 209 Å². The van der Waals surface area contributed by atoms with E-state index in [4.69, 9.17) is 18.9 Å². The SMILES string of the molecule is CCC1=CC=C(P(c2cc(C)c(OC)c(C)c2)c2cc(C)c(OC)c(C)c2)C1C=O.CCC1=CC=C(P(c2cc(C)c(OC)c(C)c2)c2cc(C)c(OC)c(C)c2)C1C=O.[Fe+2]. The van der Waals surface area contributed by atoms with Gasteiger partial charge in [0, 0.05) is 0 Å². The molecule has 61 heavy (non-hydrogen) atoms. The van der Waals surface area contributed by atoms with Crippen LogP contribution in [0.15, 0.2) is 94.6 Å². The van der Waals surface area contributed by atoms with Crippen LogP contribution in [0.2, 0.25) is 0 Å². The number of methoxy groups -OCH3 is 4. The van der Waals surface area contributed by atoms with Crippen LogP contribution in [0.3, 0.4) is 0 Å². The van der Waals surface area contributed by atoms with Gasteiger partial charge < -0.3 is 28.5 Å². The average Bonchev–Trinajstić information content (AvgIpc) is 3.81. The van der Waals surface area contributed by atoms with E-state index in [9.17, 15) is 9.59 Å². The summed E-state index contributed by atoms with van der Waals surface area (Å²) in [5.74, 6) is 3.41. The fourth-order valence-corrected chi connectivity index (χ4v) is 14.8. The zero-order valence-electron chi connectivity index (χ0n) is 38.3. The molecule has 4 aromatic rings. The molecule has 9 heteroatoms. The Morgan fingerprint density at radius 1 is 0.426 bits per heavy atom. The molecule has 2 atom stereocenters. The molecule has 322 valence electrons. The smallest absolute Gasteiger partial charge is 0.496 e. The van der Waals surface area contributed by atoms with E-state index >= 15 is 0 Å². The van der Waals surface area contributed by atoms with Crippen LogP contribution in [0.5, 0.6) is 23.0 Å². The summed E-state index contributed by atoms with van der Waals surface area (Å²) in [5.41, 5.74) is 11.3. The Bertz CT molecular complexity index is 2030. The normalized spacial score (nSPS) is 15.5. The van der Waals surface area contributed by atoms with Gasteiger partial charge in [0.25, 0.3) is 0 Å². The third kappa shape index (κ3) is 10.2. The number of carbonyl (C=O) groups excluding carboxylic acids is 2. The minimum absolute atomic E-state index is 0. The quantitative estimate of drug-likeness (QED) is 0.0713. The average molecular weight is 901 g/mol. The van der Waals surface area contributed by atoms with Crippen molar-refractivity contribution in [3.63, 3.8) is 0 Å². The van der Waals surface area contributed by atoms with E-state index < -0.39 is 15.8 Å². The number of aldehydes is 2. The Morgan fingerprint density at radius 3 is 0.803 bits per heavy atom. The van der Waals surface area contributed by atoms with E-state index in [1.165, 1.54) is 43.0 Å². The van der Waals surface area contributed by atoms with Crippen molar-refractivity contribution in [3.05, 3.63) is 139 Å². The largest absolute Gasteiger partial charge is 2.00 e. The first kappa shape index (κ1) is 49.4. The number of ether oxygens (including phenoxy) is 4. The summed E-state index contributed by atoms with van der Waals surface area (Å²) >= 11 is 0. The number of aryl methyl sites for hydroxylation is 8. The molecule has 6 nitrogen and oxygen atoms in total. The van der Waals surface area contributed by atoms with Gasteiger partial charge >= 0.3 is 17.1 Å². The first-order valence-corrected chi connectivity index (χ1v) is 23.3. The topological polar surface area (TPSA) is 71.1 Å². The van der Waals surface area contributed by atoms with Crippen LogP contribution in [0, 0.1) is 67.2 Å². The van der Waals surface area contributed by atoms with Crippen molar-refractivity contribution in [1.29, 1.82) is 0 Å². The first-order chi connectivity index (χ1) is 28.7. The van der Waals surface area contributed by atoms with E-state index in [1.807, 2.05) is 0 Å². The Kier molecular flexibility index (Phi) is 17.6. The van der Waals surface area contributed by atoms with Crippen LogP contribution in [-0.4, -0.2) is 41.0 Å². The second-order valence-corrected chi connectivity index (χ2v) is 20.2. The summed E-state index contributed by atoms with van der Waals surface area (Å²) in [6.45, 7) is 20.9. The van der Waals surface area contributed by atoms with Crippen molar-refractivity contribution in [2.45, 2.75) is 82.1 Å². The van der Waals surface area contributed by atoms with Crippen LogP contribution >= 0.6 is 15.8 Å². The Morgan fingerprint density at radius 2 is 0.639 bits per heavy atom. The maximum atomic E-state index is 12.1. The van der Waals surface area contributed by atoms with Gasteiger partial charge in [0.05, 0.1) is 40.3 Å². The van der Waals surface area contributed by atoms with Crippen LogP contribution in [0.25, 0.3) is 0 Å². The molecular weight excluding hydrogens is 838 g/mol. The van der Waals surface area contributed by atoms with E-state index in [0.717, 1.165) is 92.9 Å². The molecule has 6 rings (SSSR count). The summed E-state index contributed by atoms with van der Waals surface area (Å²) in [6, 6.07) is 17.8. The Labute approximate surface area is 377 Å². The zero-order chi connectivity index (χ0) is 44.0. The molecule has 0 N–H and O–H groups in total. The summed E-state index contributed by atoms with van der Waals surface area (Å²) in [4.78, 5) is 24.2. The molecule has 2 unspecified atom stereocenters. The standard InChI is InChI=1S/2C26H31O3P.Fe/c2*1-8-20-9-10-24(23(20)15-27)30(21-11-16(2)25(28-6)17(3)12-21)22-13-18(4)26(29-7)19(5)14-22;/h2*9-15,23H,8H2,1-7H3;/q;;+2. The predicted molar refractivity (Wildman–Crippen MR) is 254 cm³/mol. The number of rotatable bonds is 14. The molecule has 0 aromatic heterocycles. The number of benzene rings is 4. The van der Waals surface area contributed by atoms with Crippen molar-refractivity contribution in [2.24, 2.45) is 11.8 Å². The molecule has 0 aliphatic heterocycles. The molecule has 0 saturated carbocycles. The fourth-order valence-electron chi connectivity index (χ4n) is 9.00. The van der Waals surface area contributed by atoms with Crippen molar-refractivity contribution >= 4 is 49.6 Å². The summed E-state index contributed by atoms with van der Waals surface area (Å²) in [6.07, 6.45) is 12.6. The van der Waals surface area contributed by atoms with Crippen molar-refractivity contribution in [2.75, 3.05) is 28.4 Å². The van der Waals surface area contributed by atoms with Crippen LogP contribution in [0.4, 0.5) is 0 Å². The van der Waals surface area contributed by atoms with Gasteiger partial charge in [-0.25, -0.2) is 0 Å². The minimum Gasteiger partial charge on any atom is -0.496 e. The maximum Gasteiger partial charge on any atom is 2.00 e. The molecule has 0 saturated heterocycles. The second-order valence-electron chi connectivity index (χ2n) is 15.7. The molecule has 4 aromatic carbocycles. The number of hydrogen-bond acceptors (Lipinski definition) is 6. The molecule has 0 spiro atoms. The van der Waals surface area contributed by atoms with Gasteiger partial charge in [-0.15, -0.1) is 0 Å². The molecule has 2 aliphatic rings. The van der Waals surface area contributed by atoms with Gasteiger partial charge in [0.1, 0.15) is 35.6 Å². The van der Waals surface area contributed by atoms with Gasteiger partial charge in [-0.3, -0.25) is 0 Å². The minimum atomic E-state index is -0.862. The zero-order valence-corrected chi connectivity index (χ0v) is 41.2. The molecule has 0 heterocycles. The fraction of sp³-hybridized carbons (Fsp3) is 0.346. The van der Waals surface area contributed by atoms with E-state index in [2.05, 4.69) is 142 Å². The summed E-state index contributed by atoms with van der Waals surface area (Å²) in [7, 11) is 5.14. The van der Waals surface area contributed by atoms with Gasteiger partial charge in [0.15, 0.2) is 0 Å². The van der Waals surface area contributed by atoms with E-state index in [0.29, 0.717) is 0 Å². The molecular formula is C52H62FeO6P2+2.